The Labute approximate surface area is 114 Å². The summed E-state index contributed by atoms with van der Waals surface area (Å²) in [5.41, 5.74) is 9.36. The van der Waals surface area contributed by atoms with Crippen LogP contribution in [0.3, 0.4) is 0 Å². The summed E-state index contributed by atoms with van der Waals surface area (Å²) in [6.07, 6.45) is 4.56. The van der Waals surface area contributed by atoms with Gasteiger partial charge in [0.2, 0.25) is 0 Å². The van der Waals surface area contributed by atoms with Crippen molar-refractivity contribution in [2.45, 2.75) is 32.9 Å². The third kappa shape index (κ3) is 3.55. The van der Waals surface area contributed by atoms with Crippen LogP contribution >= 0.6 is 0 Å². The summed E-state index contributed by atoms with van der Waals surface area (Å²) in [6.45, 7) is 4.62. The van der Waals surface area contributed by atoms with E-state index in [2.05, 4.69) is 18.0 Å². The van der Waals surface area contributed by atoms with E-state index in [1.165, 1.54) is 0 Å². The molecule has 19 heavy (non-hydrogen) atoms. The maximum absolute atomic E-state index is 6.10. The first-order valence-electron chi connectivity index (χ1n) is 6.58. The Balaban J connectivity index is 2.11. The van der Waals surface area contributed by atoms with Crippen LogP contribution < -0.4 is 10.5 Å². The molecule has 2 aromatic rings. The largest absolute Gasteiger partial charge is 0.489 e. The summed E-state index contributed by atoms with van der Waals surface area (Å²) in [4.78, 5) is 4.17. The van der Waals surface area contributed by atoms with Crippen molar-refractivity contribution in [1.29, 1.82) is 0 Å². The van der Waals surface area contributed by atoms with E-state index in [4.69, 9.17) is 10.5 Å². The molecule has 1 atom stereocenters. The van der Waals surface area contributed by atoms with Crippen LogP contribution in [0.1, 0.15) is 36.1 Å². The second kappa shape index (κ2) is 6.34. The smallest absolute Gasteiger partial charge is 0.124 e. The van der Waals surface area contributed by atoms with E-state index in [0.29, 0.717) is 6.61 Å². The Morgan fingerprint density at radius 2 is 2.05 bits per heavy atom. The van der Waals surface area contributed by atoms with Crippen molar-refractivity contribution in [2.24, 2.45) is 5.73 Å². The number of para-hydroxylation sites is 1. The first kappa shape index (κ1) is 13.6. The summed E-state index contributed by atoms with van der Waals surface area (Å²) in [5.74, 6) is 0.860. The lowest BCUT2D eigenvalue weighted by Gasteiger charge is -2.15. The lowest BCUT2D eigenvalue weighted by Crippen LogP contribution is -2.10. The predicted octanol–water partition coefficient (Wildman–Crippen LogP) is 3.38. The number of benzene rings is 1. The zero-order valence-corrected chi connectivity index (χ0v) is 11.5. The molecule has 2 N–H and O–H groups in total. The van der Waals surface area contributed by atoms with E-state index in [1.807, 2.05) is 43.6 Å². The SMILES string of the molecule is CCC(N)c1ccccc1OCc1cncc(C)c1. The molecule has 1 unspecified atom stereocenters. The normalized spacial score (nSPS) is 12.2. The van der Waals surface area contributed by atoms with E-state index in [1.54, 1.807) is 0 Å². The molecule has 0 saturated heterocycles. The number of nitrogens with two attached hydrogens (primary N) is 1. The van der Waals surface area contributed by atoms with E-state index in [0.717, 1.165) is 28.9 Å². The van der Waals surface area contributed by atoms with Crippen LogP contribution in [-0.2, 0) is 6.61 Å². The van der Waals surface area contributed by atoms with Gasteiger partial charge >= 0.3 is 0 Å². The van der Waals surface area contributed by atoms with Crippen molar-refractivity contribution in [3.8, 4) is 5.75 Å². The molecule has 1 heterocycles. The number of nitrogens with zero attached hydrogens (tertiary/aromatic N) is 1. The topological polar surface area (TPSA) is 48.1 Å². The highest BCUT2D eigenvalue weighted by molar-refractivity contribution is 5.36. The quantitative estimate of drug-likeness (QED) is 0.892. The average Bonchev–Trinajstić information content (AvgIpc) is 2.45. The number of hydrogen-bond donors (Lipinski definition) is 1. The van der Waals surface area contributed by atoms with Crippen LogP contribution in [0.2, 0.25) is 0 Å². The predicted molar refractivity (Wildman–Crippen MR) is 77.0 cm³/mol. The molecule has 0 aliphatic heterocycles. The first-order valence-corrected chi connectivity index (χ1v) is 6.58. The summed E-state index contributed by atoms with van der Waals surface area (Å²) in [6, 6.07) is 10.1. The van der Waals surface area contributed by atoms with Crippen molar-refractivity contribution in [2.75, 3.05) is 0 Å². The second-order valence-corrected chi connectivity index (χ2v) is 4.71. The number of rotatable bonds is 5. The van der Waals surface area contributed by atoms with Gasteiger partial charge in [-0.1, -0.05) is 25.1 Å². The number of pyridine rings is 1. The summed E-state index contributed by atoms with van der Waals surface area (Å²) in [5, 5.41) is 0. The van der Waals surface area contributed by atoms with Gasteiger partial charge in [0.15, 0.2) is 0 Å². The van der Waals surface area contributed by atoms with Gasteiger partial charge in [-0.2, -0.15) is 0 Å². The maximum atomic E-state index is 6.10. The number of aromatic nitrogens is 1. The Morgan fingerprint density at radius 1 is 1.26 bits per heavy atom. The van der Waals surface area contributed by atoms with Gasteiger partial charge in [0.05, 0.1) is 0 Å². The number of ether oxygens (including phenoxy) is 1. The molecule has 3 heteroatoms. The van der Waals surface area contributed by atoms with E-state index >= 15 is 0 Å². The van der Waals surface area contributed by atoms with E-state index in [9.17, 15) is 0 Å². The maximum Gasteiger partial charge on any atom is 0.124 e. The molecule has 0 spiro atoms. The van der Waals surface area contributed by atoms with Gasteiger partial charge in [0.25, 0.3) is 0 Å². The van der Waals surface area contributed by atoms with Crippen molar-refractivity contribution < 1.29 is 4.74 Å². The fraction of sp³-hybridized carbons (Fsp3) is 0.312. The molecule has 2 rings (SSSR count). The fourth-order valence-corrected chi connectivity index (χ4v) is 2.00. The molecule has 0 bridgehead atoms. The summed E-state index contributed by atoms with van der Waals surface area (Å²) in [7, 11) is 0. The van der Waals surface area contributed by atoms with Gasteiger partial charge in [-0.3, -0.25) is 4.98 Å². The highest BCUT2D eigenvalue weighted by atomic mass is 16.5. The standard InChI is InChI=1S/C16H20N2O/c1-3-15(17)14-6-4-5-7-16(14)19-11-13-8-12(2)9-18-10-13/h4-10,15H,3,11,17H2,1-2H3. The molecule has 0 aliphatic rings. The molecule has 1 aromatic carbocycles. The molecule has 100 valence electrons. The molecule has 0 radical (unpaired) electrons. The van der Waals surface area contributed by atoms with Gasteiger partial charge in [-0.15, -0.1) is 0 Å². The molecular weight excluding hydrogens is 236 g/mol. The summed E-state index contributed by atoms with van der Waals surface area (Å²) < 4.78 is 5.88. The van der Waals surface area contributed by atoms with Crippen molar-refractivity contribution >= 4 is 0 Å². The minimum Gasteiger partial charge on any atom is -0.489 e. The first-order chi connectivity index (χ1) is 9.20. The summed E-state index contributed by atoms with van der Waals surface area (Å²) >= 11 is 0. The van der Waals surface area contributed by atoms with Gasteiger partial charge in [0.1, 0.15) is 12.4 Å². The van der Waals surface area contributed by atoms with Gasteiger partial charge in [-0.25, -0.2) is 0 Å². The third-order valence-electron chi connectivity index (χ3n) is 3.08. The number of hydrogen-bond acceptors (Lipinski definition) is 3. The molecule has 0 saturated carbocycles. The highest BCUT2D eigenvalue weighted by Crippen LogP contribution is 2.26. The average molecular weight is 256 g/mol. The fourth-order valence-electron chi connectivity index (χ4n) is 2.00. The Bertz CT molecular complexity index is 540. The molecule has 0 fully saturated rings. The van der Waals surface area contributed by atoms with Gasteiger partial charge in [0, 0.05) is 29.6 Å². The van der Waals surface area contributed by atoms with Crippen LogP contribution in [0.15, 0.2) is 42.7 Å². The minimum absolute atomic E-state index is 0.0202. The molecular formula is C16H20N2O. The number of aryl methyl sites for hydroxylation is 1. The Morgan fingerprint density at radius 3 is 2.79 bits per heavy atom. The van der Waals surface area contributed by atoms with Crippen molar-refractivity contribution in [3.05, 3.63) is 59.4 Å². The van der Waals surface area contributed by atoms with E-state index < -0.39 is 0 Å². The zero-order valence-electron chi connectivity index (χ0n) is 11.5. The Kier molecular flexibility index (Phi) is 4.53. The third-order valence-corrected chi connectivity index (χ3v) is 3.08. The van der Waals surface area contributed by atoms with Crippen molar-refractivity contribution in [3.63, 3.8) is 0 Å². The highest BCUT2D eigenvalue weighted by Gasteiger charge is 2.09. The monoisotopic (exact) mass is 256 g/mol. The van der Waals surface area contributed by atoms with Crippen LogP contribution in [0, 0.1) is 6.92 Å². The van der Waals surface area contributed by atoms with Crippen LogP contribution in [0.4, 0.5) is 0 Å². The lowest BCUT2D eigenvalue weighted by atomic mass is 10.0. The lowest BCUT2D eigenvalue weighted by molar-refractivity contribution is 0.300. The van der Waals surface area contributed by atoms with Gasteiger partial charge in [-0.05, 0) is 31.0 Å². The zero-order chi connectivity index (χ0) is 13.7. The Hall–Kier alpha value is -1.87. The van der Waals surface area contributed by atoms with Crippen LogP contribution in [-0.4, -0.2) is 4.98 Å². The van der Waals surface area contributed by atoms with Crippen molar-refractivity contribution in [1.82, 2.24) is 4.98 Å². The van der Waals surface area contributed by atoms with E-state index in [-0.39, 0.29) is 6.04 Å². The van der Waals surface area contributed by atoms with Crippen LogP contribution in [0.25, 0.3) is 0 Å². The molecule has 3 nitrogen and oxygen atoms in total. The minimum atomic E-state index is 0.0202. The molecule has 0 amide bonds. The molecule has 0 aliphatic carbocycles. The van der Waals surface area contributed by atoms with Gasteiger partial charge < -0.3 is 10.5 Å². The second-order valence-electron chi connectivity index (χ2n) is 4.71. The van der Waals surface area contributed by atoms with Crippen LogP contribution in [0.5, 0.6) is 5.75 Å². The molecule has 1 aromatic heterocycles.